The zero-order valence-electron chi connectivity index (χ0n) is 12.9. The molecule has 0 aliphatic carbocycles. The average molecular weight is 316 g/mol. The smallest absolute Gasteiger partial charge is 0.194 e. The Bertz CT molecular complexity index is 881. The molecule has 0 bridgehead atoms. The van der Waals surface area contributed by atoms with Crippen LogP contribution in [0.3, 0.4) is 0 Å². The number of aromatic nitrogens is 3. The van der Waals surface area contributed by atoms with E-state index in [1.807, 2.05) is 47.3 Å². The average Bonchev–Trinajstić information content (AvgIpc) is 3.17. The first kappa shape index (κ1) is 14.2. The summed E-state index contributed by atoms with van der Waals surface area (Å²) in [6.07, 6.45) is 12.8. The summed E-state index contributed by atoms with van der Waals surface area (Å²) in [4.78, 5) is 12.9. The number of pyridine rings is 1. The van der Waals surface area contributed by atoms with E-state index in [1.165, 1.54) is 0 Å². The van der Waals surface area contributed by atoms with E-state index in [0.717, 1.165) is 16.8 Å². The highest BCUT2D eigenvalue weighted by Gasteiger charge is 2.33. The Kier molecular flexibility index (Phi) is 3.35. The highest BCUT2D eigenvalue weighted by atomic mass is 15.1. The lowest BCUT2D eigenvalue weighted by molar-refractivity contribution is 0.662. The maximum Gasteiger partial charge on any atom is 0.194 e. The van der Waals surface area contributed by atoms with Crippen molar-refractivity contribution in [1.82, 2.24) is 19.9 Å². The van der Waals surface area contributed by atoms with Gasteiger partial charge in [-0.2, -0.15) is 0 Å². The lowest BCUT2D eigenvalue weighted by Gasteiger charge is -2.30. The summed E-state index contributed by atoms with van der Waals surface area (Å²) >= 11 is 0. The Hall–Kier alpha value is -3.41. The second-order valence-electron chi connectivity index (χ2n) is 5.49. The Morgan fingerprint density at radius 1 is 0.917 bits per heavy atom. The van der Waals surface area contributed by atoms with E-state index >= 15 is 0 Å². The maximum atomic E-state index is 5.95. The number of hydrogen-bond acceptors (Lipinski definition) is 5. The molecule has 6 nitrogen and oxygen atoms in total. The fraction of sp³-hybridized carbons (Fsp3) is 0.0556. The van der Waals surface area contributed by atoms with Crippen LogP contribution in [0.4, 0.5) is 0 Å². The molecule has 0 fully saturated rings. The van der Waals surface area contributed by atoms with Crippen molar-refractivity contribution in [2.24, 2.45) is 10.7 Å². The zero-order valence-corrected chi connectivity index (χ0v) is 12.9. The molecule has 1 aliphatic heterocycles. The number of guanidine groups is 1. The van der Waals surface area contributed by atoms with Crippen LogP contribution in [-0.2, 0) is 5.54 Å². The second kappa shape index (κ2) is 5.66. The molecule has 1 atom stereocenters. The molecule has 3 heterocycles. The fourth-order valence-corrected chi connectivity index (χ4v) is 2.90. The van der Waals surface area contributed by atoms with E-state index in [0.29, 0.717) is 5.96 Å². The van der Waals surface area contributed by atoms with Gasteiger partial charge in [-0.1, -0.05) is 12.1 Å². The summed E-state index contributed by atoms with van der Waals surface area (Å²) in [6, 6.07) is 12.1. The number of imidazole rings is 1. The SMILES string of the molecule is NC1=NC(c2ccncc2)(c2ccc(-n3ccnc3)cc2)C=CN1. The van der Waals surface area contributed by atoms with Crippen LogP contribution >= 0.6 is 0 Å². The fourth-order valence-electron chi connectivity index (χ4n) is 2.90. The van der Waals surface area contributed by atoms with Crippen LogP contribution in [0, 0.1) is 0 Å². The molecule has 1 unspecified atom stereocenters. The summed E-state index contributed by atoms with van der Waals surface area (Å²) in [5.41, 5.74) is 8.36. The standard InChI is InChI=1S/C18H16N6/c19-17-22-10-7-18(23-17,15-5-8-20-9-6-15)14-1-3-16(4-2-14)24-12-11-21-13-24/h1-13H,(H3,19,22,23). The number of nitrogens with zero attached hydrogens (tertiary/aromatic N) is 4. The van der Waals surface area contributed by atoms with Gasteiger partial charge in [-0.15, -0.1) is 0 Å². The minimum atomic E-state index is -0.661. The van der Waals surface area contributed by atoms with E-state index in [2.05, 4.69) is 27.4 Å². The zero-order chi connectivity index (χ0) is 16.4. The van der Waals surface area contributed by atoms with Crippen LogP contribution in [0.2, 0.25) is 0 Å². The van der Waals surface area contributed by atoms with Gasteiger partial charge < -0.3 is 15.6 Å². The first-order valence-corrected chi connectivity index (χ1v) is 7.57. The lowest BCUT2D eigenvalue weighted by atomic mass is 9.83. The van der Waals surface area contributed by atoms with Gasteiger partial charge in [0.25, 0.3) is 0 Å². The first-order chi connectivity index (χ1) is 11.8. The van der Waals surface area contributed by atoms with Crippen LogP contribution in [0.5, 0.6) is 0 Å². The number of aliphatic imine (C=N–C) groups is 1. The van der Waals surface area contributed by atoms with Crippen molar-refractivity contribution in [3.05, 3.63) is 90.9 Å². The molecule has 0 spiro atoms. The molecule has 24 heavy (non-hydrogen) atoms. The van der Waals surface area contributed by atoms with Crippen molar-refractivity contribution < 1.29 is 0 Å². The number of hydrogen-bond donors (Lipinski definition) is 2. The molecule has 0 saturated carbocycles. The van der Waals surface area contributed by atoms with Gasteiger partial charge in [0.1, 0.15) is 5.54 Å². The topological polar surface area (TPSA) is 81.1 Å². The molecule has 3 aromatic rings. The minimum absolute atomic E-state index is 0.382. The summed E-state index contributed by atoms with van der Waals surface area (Å²) < 4.78 is 1.96. The predicted octanol–water partition coefficient (Wildman–Crippen LogP) is 1.94. The van der Waals surface area contributed by atoms with Gasteiger partial charge in [-0.3, -0.25) is 4.98 Å². The van der Waals surface area contributed by atoms with Crippen molar-refractivity contribution in [2.75, 3.05) is 0 Å². The predicted molar refractivity (Wildman–Crippen MR) is 92.5 cm³/mol. The number of rotatable bonds is 3. The maximum absolute atomic E-state index is 5.95. The highest BCUT2D eigenvalue weighted by molar-refractivity contribution is 5.81. The number of benzene rings is 1. The van der Waals surface area contributed by atoms with Gasteiger partial charge in [0.05, 0.1) is 6.33 Å². The summed E-state index contributed by atoms with van der Waals surface area (Å²) in [6.45, 7) is 0. The molecule has 0 radical (unpaired) electrons. The van der Waals surface area contributed by atoms with Crippen LogP contribution in [-0.4, -0.2) is 20.5 Å². The van der Waals surface area contributed by atoms with Crippen molar-refractivity contribution in [2.45, 2.75) is 5.54 Å². The van der Waals surface area contributed by atoms with Crippen LogP contribution in [0.25, 0.3) is 5.69 Å². The molecule has 3 N–H and O–H groups in total. The highest BCUT2D eigenvalue weighted by Crippen LogP contribution is 2.36. The molecule has 6 heteroatoms. The van der Waals surface area contributed by atoms with Gasteiger partial charge in [-0.25, -0.2) is 9.98 Å². The minimum Gasteiger partial charge on any atom is -0.370 e. The summed E-state index contributed by atoms with van der Waals surface area (Å²) in [5, 5.41) is 2.93. The Balaban J connectivity index is 1.83. The third-order valence-corrected chi connectivity index (χ3v) is 4.08. The van der Waals surface area contributed by atoms with Crippen LogP contribution < -0.4 is 11.1 Å². The van der Waals surface area contributed by atoms with Crippen molar-refractivity contribution in [3.8, 4) is 5.69 Å². The van der Waals surface area contributed by atoms with E-state index in [-0.39, 0.29) is 0 Å². The monoisotopic (exact) mass is 316 g/mol. The molecule has 1 aromatic carbocycles. The largest absolute Gasteiger partial charge is 0.370 e. The van der Waals surface area contributed by atoms with Gasteiger partial charge in [0.2, 0.25) is 0 Å². The number of nitrogens with one attached hydrogen (secondary N) is 1. The molecule has 0 saturated heterocycles. The molecular weight excluding hydrogens is 300 g/mol. The van der Waals surface area contributed by atoms with E-state index in [9.17, 15) is 0 Å². The van der Waals surface area contributed by atoms with Gasteiger partial charge in [-0.05, 0) is 41.5 Å². The Labute approximate surface area is 139 Å². The van der Waals surface area contributed by atoms with Crippen LogP contribution in [0.1, 0.15) is 11.1 Å². The molecule has 1 aliphatic rings. The van der Waals surface area contributed by atoms with Crippen molar-refractivity contribution in [1.29, 1.82) is 0 Å². The van der Waals surface area contributed by atoms with Crippen molar-refractivity contribution in [3.63, 3.8) is 0 Å². The normalized spacial score (nSPS) is 19.6. The molecular formula is C18H16N6. The summed E-state index contributed by atoms with van der Waals surface area (Å²) in [5.74, 6) is 0.382. The summed E-state index contributed by atoms with van der Waals surface area (Å²) in [7, 11) is 0. The van der Waals surface area contributed by atoms with Gasteiger partial charge in [0, 0.05) is 36.7 Å². The molecule has 2 aromatic heterocycles. The first-order valence-electron chi connectivity index (χ1n) is 7.57. The third kappa shape index (κ3) is 2.34. The third-order valence-electron chi connectivity index (χ3n) is 4.08. The van der Waals surface area contributed by atoms with Gasteiger partial charge in [0.15, 0.2) is 5.96 Å². The van der Waals surface area contributed by atoms with Gasteiger partial charge >= 0.3 is 0 Å². The van der Waals surface area contributed by atoms with E-state index in [1.54, 1.807) is 24.9 Å². The van der Waals surface area contributed by atoms with Crippen LogP contribution in [0.15, 0.2) is 84.8 Å². The Morgan fingerprint density at radius 3 is 2.33 bits per heavy atom. The molecule has 118 valence electrons. The number of nitrogens with two attached hydrogens (primary N) is 1. The molecule has 0 amide bonds. The Morgan fingerprint density at radius 2 is 1.67 bits per heavy atom. The van der Waals surface area contributed by atoms with Crippen molar-refractivity contribution >= 4 is 5.96 Å². The van der Waals surface area contributed by atoms with E-state index < -0.39 is 5.54 Å². The second-order valence-corrected chi connectivity index (χ2v) is 5.49. The molecule has 4 rings (SSSR count). The van der Waals surface area contributed by atoms with E-state index in [4.69, 9.17) is 10.7 Å². The quantitative estimate of drug-likeness (QED) is 0.774. The lowest BCUT2D eigenvalue weighted by Crippen LogP contribution is -2.37.